The molecule has 2 N–H and O–H groups in total. The van der Waals surface area contributed by atoms with Gasteiger partial charge < -0.3 is 14.8 Å². The average molecular weight is 245 g/mol. The molecule has 96 valence electrons. The zero-order valence-electron chi connectivity index (χ0n) is 11.3. The molecule has 3 heteroatoms. The first-order valence-corrected chi connectivity index (χ1v) is 6.01. The number of ether oxygens (including phenoxy) is 1. The van der Waals surface area contributed by atoms with Gasteiger partial charge in [0.1, 0.15) is 5.75 Å². The highest BCUT2D eigenvalue weighted by molar-refractivity contribution is 5.68. The van der Waals surface area contributed by atoms with E-state index < -0.39 is 0 Å². The van der Waals surface area contributed by atoms with Gasteiger partial charge in [0.2, 0.25) is 0 Å². The summed E-state index contributed by atoms with van der Waals surface area (Å²) in [6.07, 6.45) is 0. The van der Waals surface area contributed by atoms with E-state index in [1.807, 2.05) is 26.0 Å². The average Bonchev–Trinajstić information content (AvgIpc) is 2.72. The molecule has 3 nitrogen and oxygen atoms in total. The molecule has 2 rings (SSSR count). The Labute approximate surface area is 107 Å². The molecule has 0 spiro atoms. The molecule has 1 aromatic carbocycles. The van der Waals surface area contributed by atoms with Gasteiger partial charge in [0, 0.05) is 17.0 Å². The minimum absolute atomic E-state index is 0.0660. The molecule has 0 unspecified atom stereocenters. The predicted octanol–water partition coefficient (Wildman–Crippen LogP) is 3.11. The van der Waals surface area contributed by atoms with E-state index in [4.69, 9.17) is 4.74 Å². The number of aromatic amines is 1. The summed E-state index contributed by atoms with van der Waals surface area (Å²) in [6.45, 7) is 6.13. The molecule has 18 heavy (non-hydrogen) atoms. The van der Waals surface area contributed by atoms with Crippen LogP contribution in [-0.2, 0) is 6.61 Å². The van der Waals surface area contributed by atoms with Crippen molar-refractivity contribution in [1.29, 1.82) is 0 Å². The Bertz CT molecular complexity index is 570. The second-order valence-corrected chi connectivity index (χ2v) is 4.63. The molecule has 0 aliphatic heterocycles. The summed E-state index contributed by atoms with van der Waals surface area (Å²) in [5.41, 5.74) is 6.41. The summed E-state index contributed by atoms with van der Waals surface area (Å²) < 4.78 is 5.32. The number of aliphatic hydroxyl groups is 1. The van der Waals surface area contributed by atoms with Gasteiger partial charge in [-0.2, -0.15) is 0 Å². The van der Waals surface area contributed by atoms with Crippen molar-refractivity contribution >= 4 is 0 Å². The van der Waals surface area contributed by atoms with E-state index in [0.717, 1.165) is 39.4 Å². The molecule has 0 saturated carbocycles. The van der Waals surface area contributed by atoms with E-state index in [0.29, 0.717) is 0 Å². The lowest BCUT2D eigenvalue weighted by molar-refractivity contribution is 0.281. The van der Waals surface area contributed by atoms with Crippen LogP contribution in [0.2, 0.25) is 0 Å². The minimum atomic E-state index is 0.0660. The lowest BCUT2D eigenvalue weighted by Gasteiger charge is -2.10. The highest BCUT2D eigenvalue weighted by atomic mass is 16.5. The maximum atomic E-state index is 9.24. The fourth-order valence-corrected chi connectivity index (χ4v) is 2.21. The lowest BCUT2D eigenvalue weighted by atomic mass is 10.0. The van der Waals surface area contributed by atoms with Gasteiger partial charge in [-0.3, -0.25) is 0 Å². The normalized spacial score (nSPS) is 10.7. The topological polar surface area (TPSA) is 45.2 Å². The number of rotatable bonds is 3. The largest absolute Gasteiger partial charge is 0.496 e. The smallest absolute Gasteiger partial charge is 0.122 e. The molecular weight excluding hydrogens is 226 g/mol. The minimum Gasteiger partial charge on any atom is -0.496 e. The highest BCUT2D eigenvalue weighted by Crippen LogP contribution is 2.30. The van der Waals surface area contributed by atoms with Crippen molar-refractivity contribution < 1.29 is 9.84 Å². The molecule has 0 amide bonds. The van der Waals surface area contributed by atoms with E-state index >= 15 is 0 Å². The number of methoxy groups -OCH3 is 1. The van der Waals surface area contributed by atoms with Gasteiger partial charge in [0.15, 0.2) is 0 Å². The van der Waals surface area contributed by atoms with Gasteiger partial charge in [-0.25, -0.2) is 0 Å². The quantitative estimate of drug-likeness (QED) is 0.872. The van der Waals surface area contributed by atoms with Gasteiger partial charge in [-0.05, 0) is 55.7 Å². The van der Waals surface area contributed by atoms with Crippen molar-refractivity contribution in [2.24, 2.45) is 0 Å². The lowest BCUT2D eigenvalue weighted by Crippen LogP contribution is -1.91. The third kappa shape index (κ3) is 2.14. The summed E-state index contributed by atoms with van der Waals surface area (Å²) in [6, 6.07) is 6.16. The third-order valence-electron chi connectivity index (χ3n) is 3.32. The second-order valence-electron chi connectivity index (χ2n) is 4.63. The van der Waals surface area contributed by atoms with E-state index in [2.05, 4.69) is 18.0 Å². The number of benzene rings is 1. The van der Waals surface area contributed by atoms with E-state index in [9.17, 15) is 5.11 Å². The zero-order chi connectivity index (χ0) is 13.3. The van der Waals surface area contributed by atoms with Crippen LogP contribution >= 0.6 is 0 Å². The van der Waals surface area contributed by atoms with Crippen molar-refractivity contribution in [1.82, 2.24) is 4.98 Å². The van der Waals surface area contributed by atoms with Crippen LogP contribution in [0.1, 0.15) is 22.4 Å². The van der Waals surface area contributed by atoms with Gasteiger partial charge in [0.05, 0.1) is 13.7 Å². The van der Waals surface area contributed by atoms with Crippen LogP contribution in [0.3, 0.4) is 0 Å². The van der Waals surface area contributed by atoms with Crippen LogP contribution in [0.15, 0.2) is 18.2 Å². The summed E-state index contributed by atoms with van der Waals surface area (Å²) in [5.74, 6) is 0.905. The molecule has 0 fully saturated rings. The fraction of sp³-hybridized carbons (Fsp3) is 0.333. The number of hydrogen-bond donors (Lipinski definition) is 2. The van der Waals surface area contributed by atoms with Crippen LogP contribution in [0.4, 0.5) is 0 Å². The van der Waals surface area contributed by atoms with E-state index in [1.165, 1.54) is 0 Å². The Morgan fingerprint density at radius 3 is 2.39 bits per heavy atom. The number of aromatic nitrogens is 1. The van der Waals surface area contributed by atoms with Crippen molar-refractivity contribution in [3.05, 3.63) is 40.6 Å². The second kappa shape index (κ2) is 4.86. The van der Waals surface area contributed by atoms with E-state index in [1.54, 1.807) is 7.11 Å². The summed E-state index contributed by atoms with van der Waals surface area (Å²) >= 11 is 0. The van der Waals surface area contributed by atoms with Gasteiger partial charge in [-0.1, -0.05) is 0 Å². The van der Waals surface area contributed by atoms with E-state index in [-0.39, 0.29) is 6.61 Å². The van der Waals surface area contributed by atoms with Crippen molar-refractivity contribution in [2.45, 2.75) is 27.4 Å². The highest BCUT2D eigenvalue weighted by Gasteiger charge is 2.10. The number of aliphatic hydroxyl groups excluding tert-OH is 1. The molecule has 0 aliphatic carbocycles. The maximum Gasteiger partial charge on any atom is 0.122 e. The van der Waals surface area contributed by atoms with Crippen molar-refractivity contribution in [3.8, 4) is 17.0 Å². The van der Waals surface area contributed by atoms with Crippen molar-refractivity contribution in [2.75, 3.05) is 7.11 Å². The first kappa shape index (κ1) is 12.7. The third-order valence-corrected chi connectivity index (χ3v) is 3.32. The molecule has 1 aromatic heterocycles. The molecule has 0 bridgehead atoms. The Hall–Kier alpha value is -1.74. The molecular formula is C15H19NO2. The first-order chi connectivity index (χ1) is 8.56. The molecule has 2 aromatic rings. The summed E-state index contributed by atoms with van der Waals surface area (Å²) in [5, 5.41) is 9.24. The Morgan fingerprint density at radius 1 is 1.11 bits per heavy atom. The molecule has 0 atom stereocenters. The predicted molar refractivity (Wildman–Crippen MR) is 72.9 cm³/mol. The fourth-order valence-electron chi connectivity index (χ4n) is 2.21. The Kier molecular flexibility index (Phi) is 3.43. The van der Waals surface area contributed by atoms with Gasteiger partial charge in [0.25, 0.3) is 0 Å². The van der Waals surface area contributed by atoms with Crippen LogP contribution in [0.5, 0.6) is 5.75 Å². The number of nitrogens with one attached hydrogen (secondary N) is 1. The summed E-state index contributed by atoms with van der Waals surface area (Å²) in [7, 11) is 1.68. The monoisotopic (exact) mass is 245 g/mol. The Balaban J connectivity index is 2.53. The van der Waals surface area contributed by atoms with Crippen molar-refractivity contribution in [3.63, 3.8) is 0 Å². The zero-order valence-corrected chi connectivity index (χ0v) is 11.3. The number of H-pyrrole nitrogens is 1. The standard InChI is InChI=1S/C15H19NO2/c1-9-6-15(18-4)10(2)5-13(9)14-7-12(8-17)11(3)16-14/h5-7,16-17H,8H2,1-4H3. The molecule has 0 radical (unpaired) electrons. The Morgan fingerprint density at radius 2 is 1.83 bits per heavy atom. The number of hydrogen-bond acceptors (Lipinski definition) is 2. The molecule has 1 heterocycles. The van der Waals surface area contributed by atoms with Gasteiger partial charge >= 0.3 is 0 Å². The summed E-state index contributed by atoms with van der Waals surface area (Å²) in [4.78, 5) is 3.32. The van der Waals surface area contributed by atoms with Crippen LogP contribution in [0.25, 0.3) is 11.3 Å². The number of aryl methyl sites for hydroxylation is 3. The van der Waals surface area contributed by atoms with Crippen LogP contribution in [-0.4, -0.2) is 17.2 Å². The van der Waals surface area contributed by atoms with Crippen LogP contribution < -0.4 is 4.74 Å². The van der Waals surface area contributed by atoms with Gasteiger partial charge in [-0.15, -0.1) is 0 Å². The maximum absolute atomic E-state index is 9.24. The first-order valence-electron chi connectivity index (χ1n) is 6.01. The molecule has 0 saturated heterocycles. The van der Waals surface area contributed by atoms with Crippen LogP contribution in [0, 0.1) is 20.8 Å². The molecule has 0 aliphatic rings. The SMILES string of the molecule is COc1cc(C)c(-c2cc(CO)c(C)[nH]2)cc1C.